The summed E-state index contributed by atoms with van der Waals surface area (Å²) in [4.78, 5) is 11.3. The maximum absolute atomic E-state index is 11.3. The summed E-state index contributed by atoms with van der Waals surface area (Å²) in [6, 6.07) is 0. The lowest BCUT2D eigenvalue weighted by Gasteiger charge is -2.18. The highest BCUT2D eigenvalue weighted by atomic mass is 16.6. The van der Waals surface area contributed by atoms with Gasteiger partial charge < -0.3 is 10.1 Å². The fourth-order valence-corrected chi connectivity index (χ4v) is 2.27. The van der Waals surface area contributed by atoms with Crippen LogP contribution in [0.5, 0.6) is 0 Å². The van der Waals surface area contributed by atoms with Crippen LogP contribution in [0.4, 0.5) is 4.79 Å². The maximum Gasteiger partial charge on any atom is 0.407 e. The molecule has 0 radical (unpaired) electrons. The summed E-state index contributed by atoms with van der Waals surface area (Å²) in [6.07, 6.45) is 7.44. The highest BCUT2D eigenvalue weighted by Crippen LogP contribution is 2.40. The molecule has 14 heavy (non-hydrogen) atoms. The average Bonchev–Trinajstić information content (AvgIpc) is 2.76. The lowest BCUT2D eigenvalue weighted by Crippen LogP contribution is -2.31. The molecule has 0 spiro atoms. The Kier molecular flexibility index (Phi) is 2.75. The maximum atomic E-state index is 11.3. The third-order valence-electron chi connectivity index (χ3n) is 3.00. The molecule has 1 saturated carbocycles. The quantitative estimate of drug-likeness (QED) is 0.700. The first-order valence-corrected chi connectivity index (χ1v) is 5.42. The molecular formula is C11H17NO2. The van der Waals surface area contributed by atoms with Gasteiger partial charge in [-0.25, -0.2) is 4.79 Å². The smallest absolute Gasteiger partial charge is 0.407 e. The normalized spacial score (nSPS) is 33.4. The van der Waals surface area contributed by atoms with E-state index in [0.717, 1.165) is 12.8 Å². The number of fused-ring (bicyclic) bond motifs is 2. The molecule has 3 heteroatoms. The Balaban J connectivity index is 1.76. The Morgan fingerprint density at radius 3 is 2.93 bits per heavy atom. The van der Waals surface area contributed by atoms with Gasteiger partial charge in [-0.05, 0) is 25.2 Å². The van der Waals surface area contributed by atoms with Crippen LogP contribution in [-0.2, 0) is 4.74 Å². The largest absolute Gasteiger partial charge is 0.446 e. The number of amides is 1. The van der Waals surface area contributed by atoms with Crippen molar-refractivity contribution < 1.29 is 9.53 Å². The molecule has 0 aliphatic heterocycles. The first-order chi connectivity index (χ1) is 6.79. The van der Waals surface area contributed by atoms with E-state index >= 15 is 0 Å². The van der Waals surface area contributed by atoms with Crippen LogP contribution < -0.4 is 5.32 Å². The highest BCUT2D eigenvalue weighted by molar-refractivity contribution is 5.67. The molecule has 0 saturated heterocycles. The molecule has 3 nitrogen and oxygen atoms in total. The first kappa shape index (κ1) is 9.56. The number of carbonyl (C=O) groups excluding carboxylic acids is 1. The Hall–Kier alpha value is -0.990. The third-order valence-corrected chi connectivity index (χ3v) is 3.00. The van der Waals surface area contributed by atoms with Crippen molar-refractivity contribution in [1.29, 1.82) is 0 Å². The molecule has 3 atom stereocenters. The number of hydrogen-bond acceptors (Lipinski definition) is 2. The predicted octanol–water partition coefficient (Wildman–Crippen LogP) is 2.09. The Morgan fingerprint density at radius 1 is 1.50 bits per heavy atom. The van der Waals surface area contributed by atoms with Crippen LogP contribution >= 0.6 is 0 Å². The minimum atomic E-state index is -0.252. The molecular weight excluding hydrogens is 178 g/mol. The van der Waals surface area contributed by atoms with Gasteiger partial charge in [0.15, 0.2) is 0 Å². The van der Waals surface area contributed by atoms with Gasteiger partial charge in [0.1, 0.15) is 6.10 Å². The number of alkyl carbamates (subject to hydrolysis) is 1. The van der Waals surface area contributed by atoms with E-state index in [9.17, 15) is 4.79 Å². The second-order valence-electron chi connectivity index (χ2n) is 4.15. The summed E-state index contributed by atoms with van der Waals surface area (Å²) in [5.41, 5.74) is 0. The molecule has 2 aliphatic rings. The second-order valence-corrected chi connectivity index (χ2v) is 4.15. The van der Waals surface area contributed by atoms with Gasteiger partial charge in [0, 0.05) is 12.5 Å². The molecule has 2 rings (SSSR count). The van der Waals surface area contributed by atoms with Crippen LogP contribution in [0, 0.1) is 11.8 Å². The molecule has 1 amide bonds. The number of hydrogen-bond donors (Lipinski definition) is 1. The first-order valence-electron chi connectivity index (χ1n) is 5.42. The van der Waals surface area contributed by atoms with Gasteiger partial charge >= 0.3 is 6.09 Å². The minimum Gasteiger partial charge on any atom is -0.446 e. The Bertz CT molecular complexity index is 250. The summed E-state index contributed by atoms with van der Waals surface area (Å²) in [5.74, 6) is 1.14. The molecule has 2 aliphatic carbocycles. The van der Waals surface area contributed by atoms with Crippen molar-refractivity contribution in [2.24, 2.45) is 11.8 Å². The number of nitrogens with one attached hydrogen (secondary N) is 1. The number of allylic oxidation sites excluding steroid dienone is 1. The van der Waals surface area contributed by atoms with Gasteiger partial charge in [-0.3, -0.25) is 0 Å². The van der Waals surface area contributed by atoms with Crippen molar-refractivity contribution in [3.63, 3.8) is 0 Å². The van der Waals surface area contributed by atoms with Gasteiger partial charge in [0.25, 0.3) is 0 Å². The van der Waals surface area contributed by atoms with Crippen LogP contribution in [0.1, 0.15) is 26.2 Å². The van der Waals surface area contributed by atoms with E-state index < -0.39 is 0 Å². The van der Waals surface area contributed by atoms with Crippen molar-refractivity contribution in [1.82, 2.24) is 5.32 Å². The summed E-state index contributed by atoms with van der Waals surface area (Å²) < 4.78 is 5.35. The molecule has 2 bridgehead atoms. The molecule has 1 fully saturated rings. The van der Waals surface area contributed by atoms with Crippen molar-refractivity contribution in [2.75, 3.05) is 6.54 Å². The van der Waals surface area contributed by atoms with Gasteiger partial charge in [-0.1, -0.05) is 19.1 Å². The van der Waals surface area contributed by atoms with Crippen molar-refractivity contribution in [3.8, 4) is 0 Å². The molecule has 0 heterocycles. The summed E-state index contributed by atoms with van der Waals surface area (Å²) in [5, 5.41) is 2.73. The topological polar surface area (TPSA) is 38.3 Å². The van der Waals surface area contributed by atoms with E-state index in [-0.39, 0.29) is 12.2 Å². The fourth-order valence-electron chi connectivity index (χ4n) is 2.27. The lowest BCUT2D eigenvalue weighted by molar-refractivity contribution is 0.0837. The molecule has 78 valence electrons. The SMILES string of the molecule is CCCNC(=O)OC1CC2C=CC1C2. The summed E-state index contributed by atoms with van der Waals surface area (Å²) in [7, 11) is 0. The van der Waals surface area contributed by atoms with E-state index in [1.54, 1.807) is 0 Å². The standard InChI is InChI=1S/C11H17NO2/c1-2-5-12-11(13)14-10-7-8-3-4-9(10)6-8/h3-4,8-10H,2,5-7H2,1H3,(H,12,13). The monoisotopic (exact) mass is 195 g/mol. The van der Waals surface area contributed by atoms with E-state index in [4.69, 9.17) is 4.74 Å². The average molecular weight is 195 g/mol. The van der Waals surface area contributed by atoms with Crippen LogP contribution in [0.25, 0.3) is 0 Å². The molecule has 3 unspecified atom stereocenters. The zero-order valence-corrected chi connectivity index (χ0v) is 8.53. The van der Waals surface area contributed by atoms with E-state index in [0.29, 0.717) is 18.4 Å². The summed E-state index contributed by atoms with van der Waals surface area (Å²) in [6.45, 7) is 2.73. The minimum absolute atomic E-state index is 0.127. The van der Waals surface area contributed by atoms with Gasteiger partial charge in [-0.2, -0.15) is 0 Å². The van der Waals surface area contributed by atoms with Crippen LogP contribution in [0.2, 0.25) is 0 Å². The summed E-state index contributed by atoms with van der Waals surface area (Å²) >= 11 is 0. The van der Waals surface area contributed by atoms with Crippen molar-refractivity contribution >= 4 is 6.09 Å². The van der Waals surface area contributed by atoms with Gasteiger partial charge in [-0.15, -0.1) is 0 Å². The number of carbonyl (C=O) groups is 1. The van der Waals surface area contributed by atoms with Crippen LogP contribution in [-0.4, -0.2) is 18.7 Å². The highest BCUT2D eigenvalue weighted by Gasteiger charge is 2.37. The Morgan fingerprint density at radius 2 is 2.36 bits per heavy atom. The van der Waals surface area contributed by atoms with Crippen LogP contribution in [0.15, 0.2) is 12.2 Å². The second kappa shape index (κ2) is 4.03. The van der Waals surface area contributed by atoms with Gasteiger partial charge in [0.05, 0.1) is 0 Å². The zero-order chi connectivity index (χ0) is 9.97. The lowest BCUT2D eigenvalue weighted by atomic mass is 10.1. The molecule has 0 aromatic heterocycles. The molecule has 1 N–H and O–H groups in total. The van der Waals surface area contributed by atoms with Crippen molar-refractivity contribution in [3.05, 3.63) is 12.2 Å². The Labute approximate surface area is 84.5 Å². The van der Waals surface area contributed by atoms with Gasteiger partial charge in [0.2, 0.25) is 0 Å². The van der Waals surface area contributed by atoms with Crippen molar-refractivity contribution in [2.45, 2.75) is 32.3 Å². The third kappa shape index (κ3) is 1.91. The predicted molar refractivity (Wildman–Crippen MR) is 53.9 cm³/mol. The fraction of sp³-hybridized carbons (Fsp3) is 0.727. The van der Waals surface area contributed by atoms with E-state index in [1.165, 1.54) is 6.42 Å². The number of rotatable bonds is 3. The van der Waals surface area contributed by atoms with E-state index in [1.807, 2.05) is 6.92 Å². The van der Waals surface area contributed by atoms with E-state index in [2.05, 4.69) is 17.5 Å². The number of ether oxygens (including phenoxy) is 1. The zero-order valence-electron chi connectivity index (χ0n) is 8.53. The molecule has 0 aromatic rings. The van der Waals surface area contributed by atoms with Crippen LogP contribution in [0.3, 0.4) is 0 Å². The molecule has 0 aromatic carbocycles.